The van der Waals surface area contributed by atoms with Crippen molar-refractivity contribution in [1.29, 1.82) is 0 Å². The molecule has 2 fully saturated rings. The van der Waals surface area contributed by atoms with Crippen LogP contribution in [0, 0.1) is 17.8 Å². The standard InChI is InChI=1S/C24H21ClN2O7/c25-16-4-1-9(8-27-16)12-2-3-14(28)18-13(12)6-10-5-11-7-15(29)19(23(26)33)22(32)24(11,34)21(31)17(10)20(18)30/h1-4,8,10-11,15,19,28-30,34H,5-7H2,(H2,26,33)/t10-,11+,15?,19?,24+/m1/s1. The molecule has 0 spiro atoms. The second-order valence-corrected chi connectivity index (χ2v) is 9.48. The van der Waals surface area contributed by atoms with Gasteiger partial charge in [0.2, 0.25) is 11.7 Å². The van der Waals surface area contributed by atoms with E-state index in [9.17, 15) is 34.8 Å². The van der Waals surface area contributed by atoms with Crippen molar-refractivity contribution in [3.05, 3.63) is 52.3 Å². The number of aromatic nitrogens is 1. The predicted molar refractivity (Wildman–Crippen MR) is 119 cm³/mol. The van der Waals surface area contributed by atoms with E-state index in [2.05, 4.69) is 4.98 Å². The Morgan fingerprint density at radius 3 is 2.53 bits per heavy atom. The van der Waals surface area contributed by atoms with Gasteiger partial charge in [-0.2, -0.15) is 0 Å². The Morgan fingerprint density at radius 1 is 1.15 bits per heavy atom. The first kappa shape index (κ1) is 22.5. The fraction of sp³-hybridized carbons (Fsp3) is 0.333. The first-order valence-corrected chi connectivity index (χ1v) is 11.1. The fourth-order valence-electron chi connectivity index (χ4n) is 5.73. The van der Waals surface area contributed by atoms with Crippen molar-refractivity contribution in [2.24, 2.45) is 23.5 Å². The monoisotopic (exact) mass is 484 g/mol. The van der Waals surface area contributed by atoms with Crippen molar-refractivity contribution in [2.45, 2.75) is 31.0 Å². The fourth-order valence-corrected chi connectivity index (χ4v) is 5.84. The van der Waals surface area contributed by atoms with E-state index in [1.54, 1.807) is 24.4 Å². The molecule has 0 aliphatic heterocycles. The van der Waals surface area contributed by atoms with Gasteiger partial charge in [-0.05, 0) is 54.5 Å². The summed E-state index contributed by atoms with van der Waals surface area (Å²) in [6.07, 6.45) is 0.285. The lowest BCUT2D eigenvalue weighted by Crippen LogP contribution is -2.66. The molecule has 176 valence electrons. The third-order valence-corrected chi connectivity index (χ3v) is 7.53. The van der Waals surface area contributed by atoms with Crippen LogP contribution in [0.4, 0.5) is 0 Å². The number of phenols is 1. The minimum Gasteiger partial charge on any atom is -0.507 e. The summed E-state index contributed by atoms with van der Waals surface area (Å²) >= 11 is 5.89. The highest BCUT2D eigenvalue weighted by atomic mass is 35.5. The molecule has 5 rings (SSSR count). The number of nitrogens with zero attached hydrogens (tertiary/aromatic N) is 1. The zero-order chi connectivity index (χ0) is 24.5. The van der Waals surface area contributed by atoms with E-state index in [0.29, 0.717) is 21.8 Å². The molecular weight excluding hydrogens is 464 g/mol. The largest absolute Gasteiger partial charge is 0.507 e. The molecule has 9 nitrogen and oxygen atoms in total. The minimum absolute atomic E-state index is 0.0313. The molecule has 3 aliphatic carbocycles. The molecule has 1 aromatic heterocycles. The van der Waals surface area contributed by atoms with Crippen molar-refractivity contribution in [3.63, 3.8) is 0 Å². The molecule has 1 aromatic carbocycles. The first-order chi connectivity index (χ1) is 16.1. The van der Waals surface area contributed by atoms with E-state index < -0.39 is 52.7 Å². The molecule has 10 heteroatoms. The predicted octanol–water partition coefficient (Wildman–Crippen LogP) is 1.30. The van der Waals surface area contributed by atoms with Crippen LogP contribution in [-0.2, 0) is 20.8 Å². The van der Waals surface area contributed by atoms with Crippen LogP contribution >= 0.6 is 11.6 Å². The third-order valence-electron chi connectivity index (χ3n) is 7.31. The normalized spacial score (nSPS) is 30.4. The molecule has 6 N–H and O–H groups in total. The van der Waals surface area contributed by atoms with Crippen LogP contribution in [0.1, 0.15) is 24.0 Å². The summed E-state index contributed by atoms with van der Waals surface area (Å²) in [5.74, 6) is -7.40. The quantitative estimate of drug-likeness (QED) is 0.313. The second kappa shape index (κ2) is 7.63. The number of hydrogen-bond donors (Lipinski definition) is 5. The average Bonchev–Trinajstić information content (AvgIpc) is 2.77. The first-order valence-electron chi connectivity index (χ1n) is 10.7. The van der Waals surface area contributed by atoms with Crippen molar-refractivity contribution in [3.8, 4) is 16.9 Å². The maximum Gasteiger partial charge on any atom is 0.230 e. The molecule has 0 saturated heterocycles. The smallest absolute Gasteiger partial charge is 0.230 e. The Kier molecular flexibility index (Phi) is 5.05. The molecule has 0 bridgehead atoms. The van der Waals surface area contributed by atoms with Crippen molar-refractivity contribution in [1.82, 2.24) is 4.98 Å². The van der Waals surface area contributed by atoms with Crippen LogP contribution in [0.2, 0.25) is 5.15 Å². The number of benzene rings is 1. The van der Waals surface area contributed by atoms with Crippen molar-refractivity contribution in [2.75, 3.05) is 0 Å². The number of halogens is 1. The summed E-state index contributed by atoms with van der Waals surface area (Å²) in [6, 6.07) is 6.39. The van der Waals surface area contributed by atoms with Crippen LogP contribution in [0.25, 0.3) is 16.9 Å². The number of aromatic hydroxyl groups is 1. The van der Waals surface area contributed by atoms with Crippen molar-refractivity contribution < 1.29 is 34.8 Å². The lowest BCUT2D eigenvalue weighted by atomic mass is 9.56. The molecular formula is C24H21ClN2O7. The summed E-state index contributed by atoms with van der Waals surface area (Å²) < 4.78 is 0. The maximum absolute atomic E-state index is 13.5. The SMILES string of the molecule is NC(=O)C1C(=O)[C@@]2(O)C(=O)C3=C(O)c4c(O)ccc(-c5ccc(Cl)nc5)c4C[C@H]3C[C@H]2CC1O. The van der Waals surface area contributed by atoms with Gasteiger partial charge in [-0.1, -0.05) is 17.7 Å². The molecule has 3 aliphatic rings. The Balaban J connectivity index is 1.66. The van der Waals surface area contributed by atoms with Gasteiger partial charge in [0.1, 0.15) is 22.6 Å². The summed E-state index contributed by atoms with van der Waals surface area (Å²) in [6.45, 7) is 0. The lowest BCUT2D eigenvalue weighted by Gasteiger charge is -2.48. The minimum atomic E-state index is -2.59. The number of aliphatic hydroxyl groups excluding tert-OH is 2. The van der Waals surface area contributed by atoms with Gasteiger partial charge in [0, 0.05) is 23.3 Å². The highest BCUT2D eigenvalue weighted by Gasteiger charge is 2.63. The number of carbonyl (C=O) groups is 3. The van der Waals surface area contributed by atoms with Crippen LogP contribution in [0.15, 0.2) is 36.0 Å². The summed E-state index contributed by atoms with van der Waals surface area (Å²) in [7, 11) is 0. The average molecular weight is 485 g/mol. The Morgan fingerprint density at radius 2 is 1.88 bits per heavy atom. The molecule has 5 atom stereocenters. The van der Waals surface area contributed by atoms with E-state index in [0.717, 1.165) is 0 Å². The highest BCUT2D eigenvalue weighted by Crippen LogP contribution is 2.52. The third kappa shape index (κ3) is 3.01. The molecule has 0 radical (unpaired) electrons. The highest BCUT2D eigenvalue weighted by molar-refractivity contribution is 6.29. The van der Waals surface area contributed by atoms with Gasteiger partial charge in [0.25, 0.3) is 0 Å². The number of phenolic OH excluding ortho intramolecular Hbond substituents is 1. The van der Waals surface area contributed by atoms with Gasteiger partial charge in [0.05, 0.1) is 11.7 Å². The number of aliphatic hydroxyl groups is 3. The van der Waals surface area contributed by atoms with E-state index >= 15 is 0 Å². The number of primary amides is 1. The maximum atomic E-state index is 13.5. The lowest BCUT2D eigenvalue weighted by molar-refractivity contribution is -0.174. The molecule has 1 heterocycles. The number of pyridine rings is 1. The molecule has 2 aromatic rings. The van der Waals surface area contributed by atoms with Gasteiger partial charge in [-0.25, -0.2) is 4.98 Å². The van der Waals surface area contributed by atoms with Gasteiger partial charge in [-0.3, -0.25) is 14.4 Å². The number of amides is 1. The number of hydrogen-bond acceptors (Lipinski definition) is 8. The zero-order valence-corrected chi connectivity index (χ0v) is 18.5. The second-order valence-electron chi connectivity index (χ2n) is 9.09. The van der Waals surface area contributed by atoms with Gasteiger partial charge in [0.15, 0.2) is 11.4 Å². The number of ketones is 2. The number of Topliss-reactive ketones (excluding diaryl/α,β-unsaturated/α-hetero) is 2. The number of rotatable bonds is 2. The topological polar surface area (TPSA) is 171 Å². The zero-order valence-electron chi connectivity index (χ0n) is 17.7. The summed E-state index contributed by atoms with van der Waals surface area (Å²) in [5, 5.41) is 43.6. The van der Waals surface area contributed by atoms with Crippen LogP contribution in [0.5, 0.6) is 5.75 Å². The van der Waals surface area contributed by atoms with Crippen LogP contribution in [-0.4, -0.2) is 54.6 Å². The van der Waals surface area contributed by atoms with Crippen molar-refractivity contribution >= 4 is 34.8 Å². The van der Waals surface area contributed by atoms with Gasteiger partial charge < -0.3 is 26.2 Å². The van der Waals surface area contributed by atoms with Crippen LogP contribution < -0.4 is 5.73 Å². The molecule has 34 heavy (non-hydrogen) atoms. The number of nitrogens with two attached hydrogens (primary N) is 1. The Bertz CT molecular complexity index is 1290. The van der Waals surface area contributed by atoms with Gasteiger partial charge >= 0.3 is 0 Å². The van der Waals surface area contributed by atoms with E-state index in [1.807, 2.05) is 0 Å². The van der Waals surface area contributed by atoms with E-state index in [4.69, 9.17) is 17.3 Å². The van der Waals surface area contributed by atoms with Gasteiger partial charge in [-0.15, -0.1) is 0 Å². The molecule has 2 saturated carbocycles. The summed E-state index contributed by atoms with van der Waals surface area (Å²) in [5.41, 5.74) is 4.43. The summed E-state index contributed by atoms with van der Waals surface area (Å²) in [4.78, 5) is 42.3. The van der Waals surface area contributed by atoms with E-state index in [1.165, 1.54) is 6.07 Å². The molecule has 1 amide bonds. The van der Waals surface area contributed by atoms with Crippen LogP contribution in [0.3, 0.4) is 0 Å². The van der Waals surface area contributed by atoms with E-state index in [-0.39, 0.29) is 36.1 Å². The Hall–Kier alpha value is -3.27. The number of carbonyl (C=O) groups excluding carboxylic acids is 3. The Labute approximate surface area is 198 Å². The molecule has 2 unspecified atom stereocenters. The number of fused-ring (bicyclic) bond motifs is 3.